The van der Waals surface area contributed by atoms with E-state index in [9.17, 15) is 10.1 Å². The van der Waals surface area contributed by atoms with Crippen LogP contribution in [-0.4, -0.2) is 4.92 Å². The van der Waals surface area contributed by atoms with E-state index in [0.29, 0.717) is 0 Å². The summed E-state index contributed by atoms with van der Waals surface area (Å²) in [5.41, 5.74) is 0.933. The Balaban J connectivity index is 0.000000671. The minimum absolute atomic E-state index is 0.111. The molecule has 0 unspecified atom stereocenters. The first-order valence-corrected chi connectivity index (χ1v) is 4.50. The van der Waals surface area contributed by atoms with Gasteiger partial charge in [0.1, 0.15) is 0 Å². The second-order valence-electron chi connectivity index (χ2n) is 2.23. The first-order chi connectivity index (χ1) is 6.11. The molecule has 0 bridgehead atoms. The molecule has 72 valence electrons. The summed E-state index contributed by atoms with van der Waals surface area (Å²) >= 11 is 4.09. The van der Waals surface area contributed by atoms with Gasteiger partial charge in [0.05, 0.1) is 4.92 Å². The molecule has 0 amide bonds. The molecule has 3 nitrogen and oxygen atoms in total. The number of thiol groups is 1. The fourth-order valence-electron chi connectivity index (χ4n) is 0.753. The average Bonchev–Trinajstić information content (AvgIpc) is 2.13. The lowest BCUT2D eigenvalue weighted by Gasteiger charge is -1.96. The minimum atomic E-state index is -0.416. The number of non-ortho nitro benzene ring substituents is 1. The molecule has 0 saturated heterocycles. The van der Waals surface area contributed by atoms with Crippen LogP contribution < -0.4 is 0 Å². The van der Waals surface area contributed by atoms with Gasteiger partial charge < -0.3 is 0 Å². The number of aryl methyl sites for hydroxylation is 1. The van der Waals surface area contributed by atoms with Crippen molar-refractivity contribution in [1.82, 2.24) is 0 Å². The smallest absolute Gasteiger partial charge is 0.258 e. The average molecular weight is 199 g/mol. The van der Waals surface area contributed by atoms with Gasteiger partial charge in [0.15, 0.2) is 0 Å². The van der Waals surface area contributed by atoms with Gasteiger partial charge in [-0.2, -0.15) is 0 Å². The van der Waals surface area contributed by atoms with Crippen LogP contribution >= 0.6 is 12.6 Å². The number of nitrogens with zero attached hydrogens (tertiary/aromatic N) is 1. The highest BCUT2D eigenvalue weighted by atomic mass is 32.1. The molecular formula is C9H13NO2S. The number of hydrogen-bond acceptors (Lipinski definition) is 3. The fourth-order valence-corrected chi connectivity index (χ4v) is 0.892. The van der Waals surface area contributed by atoms with Crippen LogP contribution in [0, 0.1) is 17.0 Å². The number of benzene rings is 1. The molecule has 0 radical (unpaired) electrons. The van der Waals surface area contributed by atoms with Gasteiger partial charge in [0.25, 0.3) is 5.69 Å². The van der Waals surface area contributed by atoms with Crippen LogP contribution in [0.2, 0.25) is 0 Å². The zero-order chi connectivity index (χ0) is 10.4. The van der Waals surface area contributed by atoms with Crippen molar-refractivity contribution in [2.24, 2.45) is 0 Å². The molecule has 0 spiro atoms. The van der Waals surface area contributed by atoms with Gasteiger partial charge >= 0.3 is 0 Å². The monoisotopic (exact) mass is 199 g/mol. The summed E-state index contributed by atoms with van der Waals surface area (Å²) in [6.45, 7) is 5.79. The van der Waals surface area contributed by atoms with Crippen LogP contribution in [0.15, 0.2) is 23.1 Å². The molecule has 1 rings (SSSR count). The topological polar surface area (TPSA) is 43.1 Å². The summed E-state index contributed by atoms with van der Waals surface area (Å²) in [6, 6.07) is 4.56. The summed E-state index contributed by atoms with van der Waals surface area (Å²) < 4.78 is 0. The third-order valence-electron chi connectivity index (χ3n) is 1.39. The molecule has 1 aromatic rings. The van der Waals surface area contributed by atoms with Gasteiger partial charge in [-0.25, -0.2) is 0 Å². The SMILES string of the molecule is CC.Cc1cc([N+](=O)[O-])ccc1S. The number of hydrogen-bond donors (Lipinski definition) is 1. The van der Waals surface area contributed by atoms with E-state index < -0.39 is 4.92 Å². The predicted molar refractivity (Wildman–Crippen MR) is 56.4 cm³/mol. The summed E-state index contributed by atoms with van der Waals surface area (Å²) in [4.78, 5) is 10.6. The van der Waals surface area contributed by atoms with E-state index in [0.717, 1.165) is 10.5 Å². The van der Waals surface area contributed by atoms with Crippen LogP contribution in [0.25, 0.3) is 0 Å². The lowest BCUT2D eigenvalue weighted by Crippen LogP contribution is -1.88. The van der Waals surface area contributed by atoms with Gasteiger partial charge in [-0.15, -0.1) is 12.6 Å². The third kappa shape index (κ3) is 3.46. The van der Waals surface area contributed by atoms with Gasteiger partial charge in [-0.3, -0.25) is 10.1 Å². The molecule has 0 fully saturated rings. The zero-order valence-corrected chi connectivity index (χ0v) is 8.84. The Bertz CT molecular complexity index is 300. The normalized spacial score (nSPS) is 8.62. The predicted octanol–water partition coefficient (Wildman–Crippen LogP) is 3.22. The van der Waals surface area contributed by atoms with Crippen molar-refractivity contribution in [3.63, 3.8) is 0 Å². The maximum Gasteiger partial charge on any atom is 0.269 e. The third-order valence-corrected chi connectivity index (χ3v) is 1.89. The zero-order valence-electron chi connectivity index (χ0n) is 7.94. The van der Waals surface area contributed by atoms with Crippen molar-refractivity contribution in [3.05, 3.63) is 33.9 Å². The second-order valence-corrected chi connectivity index (χ2v) is 2.71. The van der Waals surface area contributed by atoms with E-state index in [-0.39, 0.29) is 5.69 Å². The van der Waals surface area contributed by atoms with Crippen LogP contribution in [0.1, 0.15) is 19.4 Å². The van der Waals surface area contributed by atoms with Crippen LogP contribution in [0.4, 0.5) is 5.69 Å². The molecule has 0 saturated carbocycles. The lowest BCUT2D eigenvalue weighted by atomic mass is 10.2. The van der Waals surface area contributed by atoms with E-state index >= 15 is 0 Å². The van der Waals surface area contributed by atoms with Crippen LogP contribution in [-0.2, 0) is 0 Å². The number of nitro groups is 1. The molecule has 13 heavy (non-hydrogen) atoms. The molecule has 0 aliphatic carbocycles. The highest BCUT2D eigenvalue weighted by Crippen LogP contribution is 2.18. The Kier molecular flexibility index (Phi) is 5.14. The van der Waals surface area contributed by atoms with Crippen molar-refractivity contribution in [1.29, 1.82) is 0 Å². The molecule has 0 aliphatic rings. The standard InChI is InChI=1S/C7H7NO2S.C2H6/c1-5-4-6(8(9)10)2-3-7(5)11;1-2/h2-4,11H,1H3;1-2H3. The molecule has 0 N–H and O–H groups in total. The van der Waals surface area contributed by atoms with Crippen LogP contribution in [0.5, 0.6) is 0 Å². The largest absolute Gasteiger partial charge is 0.269 e. The van der Waals surface area contributed by atoms with Crippen molar-refractivity contribution >= 4 is 18.3 Å². The summed E-state index contributed by atoms with van der Waals surface area (Å²) in [5, 5.41) is 10.2. The van der Waals surface area contributed by atoms with Gasteiger partial charge in [-0.05, 0) is 18.6 Å². The Morgan fingerprint density at radius 2 is 1.92 bits per heavy atom. The van der Waals surface area contributed by atoms with Crippen molar-refractivity contribution in [2.45, 2.75) is 25.7 Å². The van der Waals surface area contributed by atoms with Crippen LogP contribution in [0.3, 0.4) is 0 Å². The van der Waals surface area contributed by atoms with E-state index in [1.54, 1.807) is 13.0 Å². The summed E-state index contributed by atoms with van der Waals surface area (Å²) in [7, 11) is 0. The van der Waals surface area contributed by atoms with Crippen molar-refractivity contribution in [2.75, 3.05) is 0 Å². The quantitative estimate of drug-likeness (QED) is 0.428. The first-order valence-electron chi connectivity index (χ1n) is 4.05. The Morgan fingerprint density at radius 3 is 2.31 bits per heavy atom. The maximum absolute atomic E-state index is 10.2. The van der Waals surface area contributed by atoms with Gasteiger partial charge in [-0.1, -0.05) is 13.8 Å². The lowest BCUT2D eigenvalue weighted by molar-refractivity contribution is -0.385. The van der Waals surface area contributed by atoms with E-state index in [2.05, 4.69) is 12.6 Å². The molecule has 1 aromatic carbocycles. The van der Waals surface area contributed by atoms with Crippen molar-refractivity contribution in [3.8, 4) is 0 Å². The minimum Gasteiger partial charge on any atom is -0.258 e. The van der Waals surface area contributed by atoms with Crippen molar-refractivity contribution < 1.29 is 4.92 Å². The Labute approximate surface area is 83.3 Å². The van der Waals surface area contributed by atoms with E-state index in [1.807, 2.05) is 13.8 Å². The van der Waals surface area contributed by atoms with Gasteiger partial charge in [0, 0.05) is 17.0 Å². The number of nitro benzene ring substituents is 1. The molecule has 0 heterocycles. The Morgan fingerprint density at radius 1 is 1.38 bits per heavy atom. The van der Waals surface area contributed by atoms with E-state index in [4.69, 9.17) is 0 Å². The molecular weight excluding hydrogens is 186 g/mol. The maximum atomic E-state index is 10.2. The summed E-state index contributed by atoms with van der Waals surface area (Å²) in [5.74, 6) is 0. The molecule has 0 atom stereocenters. The number of rotatable bonds is 1. The fraction of sp³-hybridized carbons (Fsp3) is 0.333. The molecule has 0 aromatic heterocycles. The molecule has 4 heteroatoms. The Hall–Kier alpha value is -1.03. The highest BCUT2D eigenvalue weighted by molar-refractivity contribution is 7.80. The van der Waals surface area contributed by atoms with E-state index in [1.165, 1.54) is 12.1 Å². The second kappa shape index (κ2) is 5.59. The van der Waals surface area contributed by atoms with Gasteiger partial charge in [0.2, 0.25) is 0 Å². The highest BCUT2D eigenvalue weighted by Gasteiger charge is 2.04. The summed E-state index contributed by atoms with van der Waals surface area (Å²) in [6.07, 6.45) is 0. The molecule has 0 aliphatic heterocycles. The first kappa shape index (κ1) is 12.0.